The standard InChI is InChI=1S/C12H11ClN2O3/c1-7(10(16)14-6-13)15-11(17)8-4-2-3-5-9(8)12(15)18/h2-5,7H,6H2,1H3,(H,14,16)/t7-/m1/s1. The second kappa shape index (κ2) is 4.78. The van der Waals surface area contributed by atoms with Crippen molar-refractivity contribution in [1.82, 2.24) is 10.2 Å². The van der Waals surface area contributed by atoms with Crippen LogP contribution < -0.4 is 5.32 Å². The van der Waals surface area contributed by atoms with E-state index in [1.807, 2.05) is 0 Å². The first-order valence-electron chi connectivity index (χ1n) is 5.38. The minimum Gasteiger partial charge on any atom is -0.341 e. The number of hydrogen-bond donors (Lipinski definition) is 1. The minimum absolute atomic E-state index is 0.0632. The van der Waals surface area contributed by atoms with E-state index in [1.165, 1.54) is 6.92 Å². The molecule has 0 saturated carbocycles. The summed E-state index contributed by atoms with van der Waals surface area (Å²) in [6.45, 7) is 1.49. The highest BCUT2D eigenvalue weighted by Gasteiger charge is 2.40. The fourth-order valence-electron chi connectivity index (χ4n) is 1.89. The zero-order valence-corrected chi connectivity index (χ0v) is 10.4. The zero-order valence-electron chi connectivity index (χ0n) is 9.64. The molecule has 1 heterocycles. The zero-order chi connectivity index (χ0) is 13.3. The van der Waals surface area contributed by atoms with Crippen LogP contribution >= 0.6 is 11.6 Å². The van der Waals surface area contributed by atoms with Gasteiger partial charge in [-0.3, -0.25) is 19.3 Å². The maximum absolute atomic E-state index is 12.0. The van der Waals surface area contributed by atoms with Gasteiger partial charge in [0.1, 0.15) is 6.04 Å². The van der Waals surface area contributed by atoms with Crippen LogP contribution in [0.3, 0.4) is 0 Å². The maximum Gasteiger partial charge on any atom is 0.262 e. The highest BCUT2D eigenvalue weighted by molar-refractivity contribution is 6.23. The molecule has 18 heavy (non-hydrogen) atoms. The smallest absolute Gasteiger partial charge is 0.262 e. The number of carbonyl (C=O) groups excluding carboxylic acids is 3. The normalized spacial score (nSPS) is 15.6. The fourth-order valence-corrected chi connectivity index (χ4v) is 2.02. The molecule has 6 heteroatoms. The molecule has 2 rings (SSSR count). The van der Waals surface area contributed by atoms with Gasteiger partial charge in [-0.1, -0.05) is 12.1 Å². The van der Waals surface area contributed by atoms with Crippen molar-refractivity contribution in [1.29, 1.82) is 0 Å². The number of fused-ring (bicyclic) bond motifs is 1. The van der Waals surface area contributed by atoms with E-state index in [0.29, 0.717) is 11.1 Å². The van der Waals surface area contributed by atoms with Gasteiger partial charge in [-0.2, -0.15) is 0 Å². The first-order valence-corrected chi connectivity index (χ1v) is 5.92. The number of rotatable bonds is 3. The van der Waals surface area contributed by atoms with E-state index >= 15 is 0 Å². The van der Waals surface area contributed by atoms with E-state index < -0.39 is 23.8 Å². The molecule has 94 valence electrons. The largest absolute Gasteiger partial charge is 0.341 e. The molecule has 1 aromatic carbocycles. The van der Waals surface area contributed by atoms with Crippen molar-refractivity contribution in [2.45, 2.75) is 13.0 Å². The molecule has 0 fully saturated rings. The van der Waals surface area contributed by atoms with Gasteiger partial charge in [0.25, 0.3) is 11.8 Å². The van der Waals surface area contributed by atoms with Crippen molar-refractivity contribution < 1.29 is 14.4 Å². The molecule has 0 radical (unpaired) electrons. The number of nitrogens with zero attached hydrogens (tertiary/aromatic N) is 1. The van der Waals surface area contributed by atoms with Crippen LogP contribution in [0.5, 0.6) is 0 Å². The number of hydrogen-bond acceptors (Lipinski definition) is 3. The molecule has 1 aromatic rings. The van der Waals surface area contributed by atoms with Crippen LogP contribution in [0.2, 0.25) is 0 Å². The number of amides is 3. The molecule has 0 spiro atoms. The maximum atomic E-state index is 12.0. The summed E-state index contributed by atoms with van der Waals surface area (Å²) in [5, 5.41) is 2.37. The Morgan fingerprint density at radius 1 is 1.28 bits per heavy atom. The third-order valence-corrected chi connectivity index (χ3v) is 2.97. The van der Waals surface area contributed by atoms with Gasteiger partial charge in [-0.05, 0) is 19.1 Å². The lowest BCUT2D eigenvalue weighted by Gasteiger charge is -2.20. The van der Waals surface area contributed by atoms with Crippen molar-refractivity contribution in [2.24, 2.45) is 0 Å². The van der Waals surface area contributed by atoms with Gasteiger partial charge in [0.15, 0.2) is 0 Å². The van der Waals surface area contributed by atoms with Crippen LogP contribution in [0, 0.1) is 0 Å². The van der Waals surface area contributed by atoms with Gasteiger partial charge >= 0.3 is 0 Å². The van der Waals surface area contributed by atoms with Crippen LogP contribution in [0.4, 0.5) is 0 Å². The lowest BCUT2D eigenvalue weighted by atomic mass is 10.1. The molecule has 5 nitrogen and oxygen atoms in total. The Morgan fingerprint density at radius 3 is 2.22 bits per heavy atom. The van der Waals surface area contributed by atoms with Crippen LogP contribution in [0.25, 0.3) is 0 Å². The fraction of sp³-hybridized carbons (Fsp3) is 0.250. The van der Waals surface area contributed by atoms with Gasteiger partial charge < -0.3 is 5.32 Å². The van der Waals surface area contributed by atoms with Gasteiger partial charge in [0.2, 0.25) is 5.91 Å². The van der Waals surface area contributed by atoms with Crippen LogP contribution in [-0.2, 0) is 4.79 Å². The van der Waals surface area contributed by atoms with E-state index in [2.05, 4.69) is 5.32 Å². The quantitative estimate of drug-likeness (QED) is 0.504. The van der Waals surface area contributed by atoms with Crippen molar-refractivity contribution in [3.8, 4) is 0 Å². The molecule has 0 aromatic heterocycles. The Morgan fingerprint density at radius 2 is 1.78 bits per heavy atom. The number of benzene rings is 1. The highest BCUT2D eigenvalue weighted by Crippen LogP contribution is 2.24. The number of imide groups is 1. The summed E-state index contributed by atoms with van der Waals surface area (Å²) in [6, 6.07) is 5.56. The second-order valence-electron chi connectivity index (χ2n) is 3.88. The Balaban J connectivity index is 2.31. The predicted octanol–water partition coefficient (Wildman–Crippen LogP) is 0.984. The predicted molar refractivity (Wildman–Crippen MR) is 65.3 cm³/mol. The summed E-state index contributed by atoms with van der Waals surface area (Å²) in [5.74, 6) is -1.36. The molecule has 0 bridgehead atoms. The summed E-state index contributed by atoms with van der Waals surface area (Å²) in [6.07, 6.45) is 0. The number of alkyl halides is 1. The molecule has 0 aliphatic carbocycles. The number of nitrogens with one attached hydrogen (secondary N) is 1. The van der Waals surface area contributed by atoms with Crippen molar-refractivity contribution in [2.75, 3.05) is 6.00 Å². The SMILES string of the molecule is C[C@H](C(=O)NCCl)N1C(=O)c2ccccc2C1=O. The van der Waals surface area contributed by atoms with Crippen LogP contribution in [-0.4, -0.2) is 34.7 Å². The molecule has 3 amide bonds. The minimum atomic E-state index is -0.879. The summed E-state index contributed by atoms with van der Waals surface area (Å²) >= 11 is 5.39. The number of halogens is 1. The van der Waals surface area contributed by atoms with Gasteiger partial charge in [-0.25, -0.2) is 0 Å². The van der Waals surface area contributed by atoms with Crippen molar-refractivity contribution >= 4 is 29.3 Å². The Labute approximate surface area is 109 Å². The number of carbonyl (C=O) groups is 3. The molecule has 1 N–H and O–H groups in total. The lowest BCUT2D eigenvalue weighted by Crippen LogP contribution is -2.47. The summed E-state index contributed by atoms with van der Waals surface area (Å²) < 4.78 is 0. The van der Waals surface area contributed by atoms with Crippen LogP contribution in [0.1, 0.15) is 27.6 Å². The van der Waals surface area contributed by atoms with E-state index in [1.54, 1.807) is 24.3 Å². The summed E-state index contributed by atoms with van der Waals surface area (Å²) in [5.41, 5.74) is 0.654. The lowest BCUT2D eigenvalue weighted by molar-refractivity contribution is -0.124. The third kappa shape index (κ3) is 1.86. The molecule has 1 aliphatic rings. The van der Waals surface area contributed by atoms with Crippen molar-refractivity contribution in [3.05, 3.63) is 35.4 Å². The molecular formula is C12H11ClN2O3. The molecule has 1 aliphatic heterocycles. The van der Waals surface area contributed by atoms with Gasteiger partial charge in [0.05, 0.1) is 17.1 Å². The van der Waals surface area contributed by atoms with E-state index in [-0.39, 0.29) is 6.00 Å². The van der Waals surface area contributed by atoms with E-state index in [4.69, 9.17) is 11.6 Å². The van der Waals surface area contributed by atoms with Gasteiger partial charge in [0, 0.05) is 0 Å². The average Bonchev–Trinajstić information content (AvgIpc) is 2.62. The first kappa shape index (κ1) is 12.6. The highest BCUT2D eigenvalue weighted by atomic mass is 35.5. The summed E-state index contributed by atoms with van der Waals surface area (Å²) in [7, 11) is 0. The van der Waals surface area contributed by atoms with Crippen molar-refractivity contribution in [3.63, 3.8) is 0 Å². The Kier molecular flexibility index (Phi) is 3.34. The Bertz CT molecular complexity index is 495. The second-order valence-corrected chi connectivity index (χ2v) is 4.14. The monoisotopic (exact) mass is 266 g/mol. The molecule has 0 saturated heterocycles. The van der Waals surface area contributed by atoms with Gasteiger partial charge in [-0.15, -0.1) is 11.6 Å². The summed E-state index contributed by atoms with van der Waals surface area (Å²) in [4.78, 5) is 36.7. The molecule has 0 unspecified atom stereocenters. The third-order valence-electron chi connectivity index (χ3n) is 2.83. The van der Waals surface area contributed by atoms with Crippen LogP contribution in [0.15, 0.2) is 24.3 Å². The molecular weight excluding hydrogens is 256 g/mol. The van der Waals surface area contributed by atoms with E-state index in [0.717, 1.165) is 4.90 Å². The average molecular weight is 267 g/mol. The Hall–Kier alpha value is -1.88. The first-order chi connectivity index (χ1) is 8.57. The van der Waals surface area contributed by atoms with E-state index in [9.17, 15) is 14.4 Å². The molecule has 1 atom stereocenters. The topological polar surface area (TPSA) is 66.5 Å².